The van der Waals surface area contributed by atoms with Crippen LogP contribution in [0, 0.1) is 5.41 Å². The maximum Gasteiger partial charge on any atom is 0.253 e. The molecule has 0 unspecified atom stereocenters. The molecule has 0 aliphatic carbocycles. The number of hydrogen-bond donors (Lipinski definition) is 1. The van der Waals surface area contributed by atoms with Crippen LogP contribution in [0.1, 0.15) is 36.5 Å². The molecule has 2 aliphatic heterocycles. The van der Waals surface area contributed by atoms with Crippen LogP contribution >= 0.6 is 12.4 Å². The van der Waals surface area contributed by atoms with Gasteiger partial charge in [-0.05, 0) is 69.0 Å². The summed E-state index contributed by atoms with van der Waals surface area (Å²) in [7, 11) is 0. The van der Waals surface area contributed by atoms with Crippen molar-refractivity contribution in [1.82, 2.24) is 10.2 Å². The van der Waals surface area contributed by atoms with Crippen LogP contribution < -0.4 is 10.1 Å². The van der Waals surface area contributed by atoms with E-state index in [4.69, 9.17) is 4.74 Å². The van der Waals surface area contributed by atoms with Crippen LogP contribution in [0.2, 0.25) is 0 Å². The van der Waals surface area contributed by atoms with Gasteiger partial charge in [-0.1, -0.05) is 0 Å². The monoisotopic (exact) mass is 324 g/mol. The van der Waals surface area contributed by atoms with Gasteiger partial charge in [0.25, 0.3) is 5.91 Å². The summed E-state index contributed by atoms with van der Waals surface area (Å²) in [5.41, 5.74) is 1.14. The standard InChI is InChI=1S/C17H24N2O2.ClH/c1-2-21-15-5-3-14(4-6-15)16(20)19-12-9-17(13-19)7-10-18-11-8-17;/h3-6,18H,2,7-13H2,1H3;1H. The van der Waals surface area contributed by atoms with Crippen molar-refractivity contribution in [3.05, 3.63) is 29.8 Å². The molecule has 22 heavy (non-hydrogen) atoms. The zero-order chi connectivity index (χ0) is 14.7. The molecule has 1 amide bonds. The number of ether oxygens (including phenoxy) is 1. The lowest BCUT2D eigenvalue weighted by molar-refractivity contribution is 0.0762. The lowest BCUT2D eigenvalue weighted by Gasteiger charge is -2.33. The van der Waals surface area contributed by atoms with Gasteiger partial charge in [-0.15, -0.1) is 12.4 Å². The zero-order valence-electron chi connectivity index (χ0n) is 13.1. The van der Waals surface area contributed by atoms with E-state index in [1.54, 1.807) is 0 Å². The number of piperidine rings is 1. The summed E-state index contributed by atoms with van der Waals surface area (Å²) < 4.78 is 5.42. The molecule has 0 aromatic heterocycles. The second-order valence-electron chi connectivity index (χ2n) is 6.18. The third kappa shape index (κ3) is 3.55. The Balaban J connectivity index is 0.00000176. The smallest absolute Gasteiger partial charge is 0.253 e. The molecule has 1 aromatic carbocycles. The number of carbonyl (C=O) groups is 1. The summed E-state index contributed by atoms with van der Waals surface area (Å²) in [6.45, 7) is 6.60. The highest BCUT2D eigenvalue weighted by Crippen LogP contribution is 2.39. The Bertz CT molecular complexity index is 498. The maximum absolute atomic E-state index is 12.6. The van der Waals surface area contributed by atoms with E-state index < -0.39 is 0 Å². The summed E-state index contributed by atoms with van der Waals surface area (Å²) in [5.74, 6) is 0.985. The van der Waals surface area contributed by atoms with Crippen LogP contribution in [0.15, 0.2) is 24.3 Å². The first-order valence-electron chi connectivity index (χ1n) is 7.95. The maximum atomic E-state index is 12.6. The zero-order valence-corrected chi connectivity index (χ0v) is 14.0. The van der Waals surface area contributed by atoms with Gasteiger partial charge in [0.2, 0.25) is 0 Å². The number of amides is 1. The fourth-order valence-electron chi connectivity index (χ4n) is 3.52. The Morgan fingerprint density at radius 2 is 1.91 bits per heavy atom. The normalized spacial score (nSPS) is 19.8. The molecule has 1 N–H and O–H groups in total. The van der Waals surface area contributed by atoms with E-state index in [1.165, 1.54) is 12.8 Å². The first-order chi connectivity index (χ1) is 10.2. The van der Waals surface area contributed by atoms with Gasteiger partial charge in [-0.2, -0.15) is 0 Å². The Morgan fingerprint density at radius 1 is 1.23 bits per heavy atom. The Morgan fingerprint density at radius 3 is 2.55 bits per heavy atom. The molecular weight excluding hydrogens is 300 g/mol. The van der Waals surface area contributed by atoms with Crippen LogP contribution in [-0.4, -0.2) is 43.6 Å². The van der Waals surface area contributed by atoms with Crippen molar-refractivity contribution < 1.29 is 9.53 Å². The molecule has 0 atom stereocenters. The van der Waals surface area contributed by atoms with Crippen molar-refractivity contribution in [2.24, 2.45) is 5.41 Å². The summed E-state index contributed by atoms with van der Waals surface area (Å²) in [4.78, 5) is 14.6. The van der Waals surface area contributed by atoms with Crippen molar-refractivity contribution in [3.63, 3.8) is 0 Å². The van der Waals surface area contributed by atoms with Crippen molar-refractivity contribution in [1.29, 1.82) is 0 Å². The predicted octanol–water partition coefficient (Wildman–Crippen LogP) is 2.72. The molecule has 3 rings (SSSR count). The lowest BCUT2D eigenvalue weighted by Crippen LogP contribution is -2.39. The third-order valence-electron chi connectivity index (χ3n) is 4.80. The second kappa shape index (κ2) is 7.34. The second-order valence-corrected chi connectivity index (χ2v) is 6.18. The number of nitrogens with zero attached hydrogens (tertiary/aromatic N) is 1. The largest absolute Gasteiger partial charge is 0.494 e. The van der Waals surface area contributed by atoms with E-state index in [-0.39, 0.29) is 18.3 Å². The third-order valence-corrected chi connectivity index (χ3v) is 4.80. The predicted molar refractivity (Wildman–Crippen MR) is 89.9 cm³/mol. The highest BCUT2D eigenvalue weighted by atomic mass is 35.5. The number of benzene rings is 1. The van der Waals surface area contributed by atoms with Gasteiger partial charge in [0, 0.05) is 18.7 Å². The van der Waals surface area contributed by atoms with Crippen LogP contribution in [0.3, 0.4) is 0 Å². The SMILES string of the molecule is CCOc1ccc(C(=O)N2CCC3(CCNCC3)C2)cc1.Cl. The van der Waals surface area contributed by atoms with Gasteiger partial charge in [0.15, 0.2) is 0 Å². The van der Waals surface area contributed by atoms with Gasteiger partial charge in [0.1, 0.15) is 5.75 Å². The summed E-state index contributed by atoms with van der Waals surface area (Å²) >= 11 is 0. The fourth-order valence-corrected chi connectivity index (χ4v) is 3.52. The van der Waals surface area contributed by atoms with Crippen molar-refractivity contribution in [3.8, 4) is 5.75 Å². The fraction of sp³-hybridized carbons (Fsp3) is 0.588. The Labute approximate surface area is 138 Å². The molecule has 2 saturated heterocycles. The van der Waals surface area contributed by atoms with Crippen LogP contribution in [-0.2, 0) is 0 Å². The van der Waals surface area contributed by atoms with Crippen LogP contribution in [0.25, 0.3) is 0 Å². The molecule has 0 radical (unpaired) electrons. The number of carbonyl (C=O) groups excluding carboxylic acids is 1. The first kappa shape index (κ1) is 17.1. The topological polar surface area (TPSA) is 41.6 Å². The number of likely N-dealkylation sites (tertiary alicyclic amines) is 1. The average molecular weight is 325 g/mol. The highest BCUT2D eigenvalue weighted by Gasteiger charge is 2.40. The molecule has 4 nitrogen and oxygen atoms in total. The Hall–Kier alpha value is -1.26. The van der Waals surface area contributed by atoms with E-state index in [0.717, 1.165) is 43.9 Å². The van der Waals surface area contributed by atoms with Gasteiger partial charge in [0.05, 0.1) is 6.61 Å². The molecule has 1 aromatic rings. The molecule has 0 bridgehead atoms. The van der Waals surface area contributed by atoms with Crippen molar-refractivity contribution >= 4 is 18.3 Å². The molecule has 122 valence electrons. The average Bonchev–Trinajstić information content (AvgIpc) is 2.92. The van der Waals surface area contributed by atoms with E-state index >= 15 is 0 Å². The summed E-state index contributed by atoms with van der Waals surface area (Å²) in [6, 6.07) is 7.52. The molecule has 0 saturated carbocycles. The number of nitrogens with one attached hydrogen (secondary N) is 1. The van der Waals surface area contributed by atoms with Crippen molar-refractivity contribution in [2.75, 3.05) is 32.8 Å². The molecule has 2 fully saturated rings. The Kier molecular flexibility index (Phi) is 5.70. The van der Waals surface area contributed by atoms with Gasteiger partial charge in [-0.25, -0.2) is 0 Å². The minimum absolute atomic E-state index is 0. The number of rotatable bonds is 3. The van der Waals surface area contributed by atoms with Crippen molar-refractivity contribution in [2.45, 2.75) is 26.2 Å². The van der Waals surface area contributed by atoms with E-state index in [0.29, 0.717) is 12.0 Å². The van der Waals surface area contributed by atoms with E-state index in [1.807, 2.05) is 36.1 Å². The summed E-state index contributed by atoms with van der Waals surface area (Å²) in [5, 5.41) is 3.41. The molecule has 2 heterocycles. The minimum Gasteiger partial charge on any atom is -0.494 e. The molecular formula is C17H25ClN2O2. The van der Waals surface area contributed by atoms with E-state index in [9.17, 15) is 4.79 Å². The number of hydrogen-bond acceptors (Lipinski definition) is 3. The number of halogens is 1. The molecule has 1 spiro atoms. The van der Waals surface area contributed by atoms with E-state index in [2.05, 4.69) is 5.32 Å². The van der Waals surface area contributed by atoms with Gasteiger partial charge < -0.3 is 15.0 Å². The van der Waals surface area contributed by atoms with Crippen LogP contribution in [0.5, 0.6) is 5.75 Å². The van der Waals surface area contributed by atoms with Crippen LogP contribution in [0.4, 0.5) is 0 Å². The van der Waals surface area contributed by atoms with Gasteiger partial charge >= 0.3 is 0 Å². The first-order valence-corrected chi connectivity index (χ1v) is 7.95. The molecule has 5 heteroatoms. The minimum atomic E-state index is 0. The molecule has 2 aliphatic rings. The van der Waals surface area contributed by atoms with Gasteiger partial charge in [-0.3, -0.25) is 4.79 Å². The quantitative estimate of drug-likeness (QED) is 0.929. The lowest BCUT2D eigenvalue weighted by atomic mass is 9.78. The highest BCUT2D eigenvalue weighted by molar-refractivity contribution is 5.94. The summed E-state index contributed by atoms with van der Waals surface area (Å²) in [6.07, 6.45) is 3.54.